The van der Waals surface area contributed by atoms with Crippen molar-refractivity contribution in [3.8, 4) is 0 Å². The predicted molar refractivity (Wildman–Crippen MR) is 65.9 cm³/mol. The summed E-state index contributed by atoms with van der Waals surface area (Å²) in [7, 11) is 1.88. The topological polar surface area (TPSA) is 9.23 Å². The van der Waals surface area contributed by atoms with Crippen LogP contribution < -0.4 is 0 Å². The zero-order chi connectivity index (χ0) is 11.6. The van der Waals surface area contributed by atoms with Gasteiger partial charge in [-0.3, -0.25) is 0 Å². The summed E-state index contributed by atoms with van der Waals surface area (Å²) in [6, 6.07) is 0. The number of ether oxygens (including phenoxy) is 1. The van der Waals surface area contributed by atoms with Crippen LogP contribution in [0.3, 0.4) is 0 Å². The number of hydrogen-bond donors (Lipinski definition) is 0. The van der Waals surface area contributed by atoms with E-state index >= 15 is 0 Å². The molecule has 1 fully saturated rings. The predicted octanol–water partition coefficient (Wildman–Crippen LogP) is 3.98. The van der Waals surface area contributed by atoms with Crippen LogP contribution in [0.25, 0.3) is 0 Å². The SMILES string of the molecule is CCC1C(C)C(CC)C(C)C(OC)C1C. The molecule has 0 aromatic rings. The molecule has 0 radical (unpaired) electrons. The lowest BCUT2D eigenvalue weighted by Gasteiger charge is -2.48. The first-order chi connectivity index (χ1) is 7.08. The van der Waals surface area contributed by atoms with E-state index in [0.717, 1.165) is 17.8 Å². The van der Waals surface area contributed by atoms with Crippen molar-refractivity contribution in [3.05, 3.63) is 0 Å². The van der Waals surface area contributed by atoms with Gasteiger partial charge in [0.2, 0.25) is 0 Å². The van der Waals surface area contributed by atoms with Crippen molar-refractivity contribution < 1.29 is 4.74 Å². The van der Waals surface area contributed by atoms with Crippen LogP contribution in [-0.4, -0.2) is 13.2 Å². The van der Waals surface area contributed by atoms with Crippen LogP contribution in [0.2, 0.25) is 0 Å². The second-order valence-electron chi connectivity index (χ2n) is 5.42. The van der Waals surface area contributed by atoms with E-state index < -0.39 is 0 Å². The fourth-order valence-electron chi connectivity index (χ4n) is 4.16. The first-order valence-electron chi connectivity index (χ1n) is 6.61. The first kappa shape index (κ1) is 13.0. The van der Waals surface area contributed by atoms with E-state index in [1.807, 2.05) is 7.11 Å². The Labute approximate surface area is 95.6 Å². The quantitative estimate of drug-likeness (QED) is 0.687. The van der Waals surface area contributed by atoms with Crippen LogP contribution in [0, 0.1) is 29.6 Å². The van der Waals surface area contributed by atoms with Crippen molar-refractivity contribution >= 4 is 0 Å². The Kier molecular flexibility index (Phi) is 4.64. The molecule has 1 heteroatoms. The van der Waals surface area contributed by atoms with Gasteiger partial charge in [0.15, 0.2) is 0 Å². The van der Waals surface area contributed by atoms with Gasteiger partial charge in [0, 0.05) is 7.11 Å². The van der Waals surface area contributed by atoms with Crippen molar-refractivity contribution in [2.24, 2.45) is 29.6 Å². The molecular formula is C14H28O. The fourth-order valence-corrected chi connectivity index (χ4v) is 4.16. The maximum atomic E-state index is 5.73. The zero-order valence-corrected chi connectivity index (χ0v) is 11.3. The summed E-state index contributed by atoms with van der Waals surface area (Å²) in [5.74, 6) is 3.98. The molecule has 0 saturated heterocycles. The van der Waals surface area contributed by atoms with Crippen LogP contribution >= 0.6 is 0 Å². The van der Waals surface area contributed by atoms with Gasteiger partial charge in [-0.05, 0) is 29.6 Å². The van der Waals surface area contributed by atoms with Crippen LogP contribution in [0.5, 0.6) is 0 Å². The molecule has 1 saturated carbocycles. The largest absolute Gasteiger partial charge is 0.381 e. The minimum absolute atomic E-state index is 0.469. The lowest BCUT2D eigenvalue weighted by Crippen LogP contribution is -2.47. The molecule has 1 nitrogen and oxygen atoms in total. The molecule has 15 heavy (non-hydrogen) atoms. The van der Waals surface area contributed by atoms with Crippen LogP contribution in [0.4, 0.5) is 0 Å². The third-order valence-corrected chi connectivity index (χ3v) is 4.95. The number of rotatable bonds is 3. The molecule has 0 N–H and O–H groups in total. The van der Waals surface area contributed by atoms with Gasteiger partial charge in [0.05, 0.1) is 6.10 Å². The van der Waals surface area contributed by atoms with E-state index in [0.29, 0.717) is 17.9 Å². The Morgan fingerprint density at radius 3 is 1.47 bits per heavy atom. The normalized spacial score (nSPS) is 46.8. The Hall–Kier alpha value is -0.0400. The Morgan fingerprint density at radius 1 is 0.800 bits per heavy atom. The fraction of sp³-hybridized carbons (Fsp3) is 1.00. The van der Waals surface area contributed by atoms with Gasteiger partial charge in [-0.15, -0.1) is 0 Å². The lowest BCUT2D eigenvalue weighted by molar-refractivity contribution is -0.0864. The van der Waals surface area contributed by atoms with Crippen molar-refractivity contribution in [2.75, 3.05) is 7.11 Å². The van der Waals surface area contributed by atoms with E-state index in [9.17, 15) is 0 Å². The van der Waals surface area contributed by atoms with E-state index in [1.165, 1.54) is 12.8 Å². The maximum absolute atomic E-state index is 5.73. The number of methoxy groups -OCH3 is 1. The molecule has 0 aliphatic heterocycles. The molecule has 0 bridgehead atoms. The van der Waals surface area contributed by atoms with Crippen LogP contribution in [0.15, 0.2) is 0 Å². The molecule has 1 aliphatic rings. The summed E-state index contributed by atoms with van der Waals surface area (Å²) in [4.78, 5) is 0. The van der Waals surface area contributed by atoms with Gasteiger partial charge < -0.3 is 4.74 Å². The highest BCUT2D eigenvalue weighted by Crippen LogP contribution is 2.45. The maximum Gasteiger partial charge on any atom is 0.0627 e. The molecule has 90 valence electrons. The van der Waals surface area contributed by atoms with Crippen molar-refractivity contribution in [3.63, 3.8) is 0 Å². The summed E-state index contributed by atoms with van der Waals surface area (Å²) < 4.78 is 5.73. The Bertz CT molecular complexity index is 144. The minimum Gasteiger partial charge on any atom is -0.381 e. The molecule has 0 aromatic carbocycles. The minimum atomic E-state index is 0.469. The highest BCUT2D eigenvalue weighted by Gasteiger charge is 2.43. The molecule has 4 unspecified atom stereocenters. The highest BCUT2D eigenvalue weighted by molar-refractivity contribution is 4.92. The average Bonchev–Trinajstić information content (AvgIpc) is 2.19. The molecule has 0 aromatic heterocycles. The monoisotopic (exact) mass is 212 g/mol. The number of hydrogen-bond acceptors (Lipinski definition) is 1. The average molecular weight is 212 g/mol. The van der Waals surface area contributed by atoms with Gasteiger partial charge in [-0.25, -0.2) is 0 Å². The highest BCUT2D eigenvalue weighted by atomic mass is 16.5. The smallest absolute Gasteiger partial charge is 0.0627 e. The van der Waals surface area contributed by atoms with Crippen LogP contribution in [0.1, 0.15) is 47.5 Å². The molecule has 0 heterocycles. The summed E-state index contributed by atoms with van der Waals surface area (Å²) >= 11 is 0. The van der Waals surface area contributed by atoms with Gasteiger partial charge >= 0.3 is 0 Å². The van der Waals surface area contributed by atoms with Crippen molar-refractivity contribution in [1.29, 1.82) is 0 Å². The van der Waals surface area contributed by atoms with Crippen molar-refractivity contribution in [2.45, 2.75) is 53.6 Å². The van der Waals surface area contributed by atoms with Crippen LogP contribution in [-0.2, 0) is 4.74 Å². The third-order valence-electron chi connectivity index (χ3n) is 4.95. The zero-order valence-electron chi connectivity index (χ0n) is 11.3. The van der Waals surface area contributed by atoms with E-state index in [-0.39, 0.29) is 0 Å². The lowest BCUT2D eigenvalue weighted by atomic mass is 9.60. The summed E-state index contributed by atoms with van der Waals surface area (Å²) in [5.41, 5.74) is 0. The second-order valence-corrected chi connectivity index (χ2v) is 5.42. The summed E-state index contributed by atoms with van der Waals surface area (Å²) in [5, 5.41) is 0. The van der Waals surface area contributed by atoms with Gasteiger partial charge in [0.1, 0.15) is 0 Å². The van der Waals surface area contributed by atoms with Crippen molar-refractivity contribution in [1.82, 2.24) is 0 Å². The van der Waals surface area contributed by atoms with Gasteiger partial charge in [0.25, 0.3) is 0 Å². The molecule has 1 rings (SSSR count). The molecule has 1 aliphatic carbocycles. The standard InChI is InChI=1S/C14H28O/c1-7-12-9(3)13(8-2)11(5)14(15-6)10(12)4/h9-14H,7-8H2,1-6H3. The summed E-state index contributed by atoms with van der Waals surface area (Å²) in [6.07, 6.45) is 3.06. The Morgan fingerprint density at radius 2 is 1.20 bits per heavy atom. The summed E-state index contributed by atoms with van der Waals surface area (Å²) in [6.45, 7) is 11.9. The van der Waals surface area contributed by atoms with E-state index in [4.69, 9.17) is 4.74 Å². The molecule has 4 atom stereocenters. The molecule has 0 amide bonds. The first-order valence-corrected chi connectivity index (χ1v) is 6.61. The van der Waals surface area contributed by atoms with Gasteiger partial charge in [-0.2, -0.15) is 0 Å². The Balaban J connectivity index is 2.87. The molecule has 0 spiro atoms. The third kappa shape index (κ3) is 2.22. The van der Waals surface area contributed by atoms with E-state index in [2.05, 4.69) is 34.6 Å². The molecular weight excluding hydrogens is 184 g/mol. The second kappa shape index (κ2) is 5.34. The van der Waals surface area contributed by atoms with Gasteiger partial charge in [-0.1, -0.05) is 47.5 Å². The van der Waals surface area contributed by atoms with E-state index in [1.54, 1.807) is 0 Å².